The Labute approximate surface area is 98.2 Å². The smallest absolute Gasteiger partial charge is 0.309 e. The summed E-state index contributed by atoms with van der Waals surface area (Å²) in [6.45, 7) is 0.557. The molecule has 6 heteroatoms. The van der Waals surface area contributed by atoms with Crippen LogP contribution in [-0.4, -0.2) is 29.2 Å². The highest BCUT2D eigenvalue weighted by Crippen LogP contribution is 1.93. The van der Waals surface area contributed by atoms with E-state index in [1.54, 1.807) is 18.5 Å². The number of alkyl halides is 1. The molecule has 86 valence electrons. The quantitative estimate of drug-likeness (QED) is 0.578. The van der Waals surface area contributed by atoms with Crippen molar-refractivity contribution in [3.63, 3.8) is 0 Å². The zero-order valence-electron chi connectivity index (χ0n) is 8.57. The normalized spacial score (nSPS) is 9.56. The van der Waals surface area contributed by atoms with E-state index in [9.17, 15) is 9.59 Å². The third-order valence-corrected chi connectivity index (χ3v) is 1.95. The third kappa shape index (κ3) is 4.27. The van der Waals surface area contributed by atoms with Gasteiger partial charge < -0.3 is 10.6 Å². The Kier molecular flexibility index (Phi) is 5.28. The summed E-state index contributed by atoms with van der Waals surface area (Å²) in [6, 6.07) is 3.57. The van der Waals surface area contributed by atoms with Crippen LogP contribution in [-0.2, 0) is 16.1 Å². The molecule has 0 aliphatic carbocycles. The number of hydrogen-bond donors (Lipinski definition) is 2. The van der Waals surface area contributed by atoms with Crippen molar-refractivity contribution in [1.29, 1.82) is 0 Å². The van der Waals surface area contributed by atoms with Crippen molar-refractivity contribution in [3.05, 3.63) is 30.1 Å². The fourth-order valence-corrected chi connectivity index (χ4v) is 1.10. The molecule has 0 unspecified atom stereocenters. The summed E-state index contributed by atoms with van der Waals surface area (Å²) in [5, 5.41) is 4.84. The van der Waals surface area contributed by atoms with E-state index in [-0.39, 0.29) is 19.0 Å². The summed E-state index contributed by atoms with van der Waals surface area (Å²) in [4.78, 5) is 26.2. The van der Waals surface area contributed by atoms with Gasteiger partial charge in [0.25, 0.3) is 0 Å². The van der Waals surface area contributed by atoms with Gasteiger partial charge in [-0.15, -0.1) is 11.6 Å². The molecule has 0 aromatic carbocycles. The van der Waals surface area contributed by atoms with Gasteiger partial charge in [-0.1, -0.05) is 6.07 Å². The molecule has 1 rings (SSSR count). The van der Waals surface area contributed by atoms with Crippen LogP contribution >= 0.6 is 11.6 Å². The highest BCUT2D eigenvalue weighted by molar-refractivity contribution is 6.35. The molecule has 0 radical (unpaired) electrons. The molecule has 0 aliphatic rings. The minimum Gasteiger partial charge on any atom is -0.347 e. The Morgan fingerprint density at radius 2 is 2.06 bits per heavy atom. The van der Waals surface area contributed by atoms with Gasteiger partial charge in [0.1, 0.15) is 0 Å². The maximum absolute atomic E-state index is 11.2. The van der Waals surface area contributed by atoms with Gasteiger partial charge in [0.05, 0.1) is 0 Å². The van der Waals surface area contributed by atoms with Crippen LogP contribution in [0.5, 0.6) is 0 Å². The van der Waals surface area contributed by atoms with Crippen LogP contribution in [0.2, 0.25) is 0 Å². The number of halogens is 1. The van der Waals surface area contributed by atoms with Gasteiger partial charge in [0.2, 0.25) is 0 Å². The topological polar surface area (TPSA) is 71.1 Å². The van der Waals surface area contributed by atoms with Crippen LogP contribution in [0.1, 0.15) is 5.56 Å². The van der Waals surface area contributed by atoms with E-state index in [2.05, 4.69) is 15.6 Å². The van der Waals surface area contributed by atoms with Crippen molar-refractivity contribution in [1.82, 2.24) is 15.6 Å². The predicted molar refractivity (Wildman–Crippen MR) is 59.8 cm³/mol. The molecule has 0 fully saturated rings. The van der Waals surface area contributed by atoms with Crippen LogP contribution in [0.15, 0.2) is 24.5 Å². The lowest BCUT2D eigenvalue weighted by molar-refractivity contribution is -0.139. The van der Waals surface area contributed by atoms with Crippen molar-refractivity contribution >= 4 is 23.4 Å². The third-order valence-electron chi connectivity index (χ3n) is 1.76. The van der Waals surface area contributed by atoms with E-state index < -0.39 is 11.8 Å². The van der Waals surface area contributed by atoms with Crippen LogP contribution in [0.25, 0.3) is 0 Å². The monoisotopic (exact) mass is 241 g/mol. The maximum Gasteiger partial charge on any atom is 0.309 e. The van der Waals surface area contributed by atoms with E-state index in [0.29, 0.717) is 0 Å². The number of carbonyl (C=O) groups excluding carboxylic acids is 2. The second-order valence-corrected chi connectivity index (χ2v) is 3.37. The highest BCUT2D eigenvalue weighted by atomic mass is 35.5. The van der Waals surface area contributed by atoms with Gasteiger partial charge in [-0.05, 0) is 11.6 Å². The van der Waals surface area contributed by atoms with Crippen molar-refractivity contribution in [2.75, 3.05) is 12.4 Å². The van der Waals surface area contributed by atoms with E-state index in [0.717, 1.165) is 5.56 Å². The SMILES string of the molecule is O=C(NCCCl)C(=O)NCc1cccnc1. The molecule has 5 nitrogen and oxygen atoms in total. The lowest BCUT2D eigenvalue weighted by atomic mass is 10.3. The van der Waals surface area contributed by atoms with E-state index in [4.69, 9.17) is 11.6 Å². The summed E-state index contributed by atoms with van der Waals surface area (Å²) < 4.78 is 0. The second kappa shape index (κ2) is 6.79. The first kappa shape index (κ1) is 12.4. The molecule has 0 spiro atoms. The zero-order valence-corrected chi connectivity index (χ0v) is 9.33. The average Bonchev–Trinajstić information content (AvgIpc) is 2.34. The molecule has 0 aliphatic heterocycles. The molecule has 16 heavy (non-hydrogen) atoms. The van der Waals surface area contributed by atoms with E-state index in [1.165, 1.54) is 0 Å². The molecule has 2 amide bonds. The molecule has 2 N–H and O–H groups in total. The molecular weight excluding hydrogens is 230 g/mol. The summed E-state index contributed by atoms with van der Waals surface area (Å²) in [5.74, 6) is -1.07. The van der Waals surface area contributed by atoms with Gasteiger partial charge in [-0.2, -0.15) is 0 Å². The number of aromatic nitrogens is 1. The Bertz CT molecular complexity index is 356. The van der Waals surface area contributed by atoms with E-state index >= 15 is 0 Å². The van der Waals surface area contributed by atoms with Gasteiger partial charge >= 0.3 is 11.8 Å². The Balaban J connectivity index is 2.32. The molecule has 1 heterocycles. The number of pyridine rings is 1. The van der Waals surface area contributed by atoms with Crippen molar-refractivity contribution in [2.24, 2.45) is 0 Å². The Morgan fingerprint density at radius 3 is 2.69 bits per heavy atom. The molecule has 1 aromatic heterocycles. The summed E-state index contributed by atoms with van der Waals surface area (Å²) in [7, 11) is 0. The molecule has 0 atom stereocenters. The Hall–Kier alpha value is -1.62. The van der Waals surface area contributed by atoms with Crippen LogP contribution in [0, 0.1) is 0 Å². The summed E-state index contributed by atoms with van der Waals surface area (Å²) >= 11 is 5.37. The van der Waals surface area contributed by atoms with Crippen LogP contribution in [0.4, 0.5) is 0 Å². The van der Waals surface area contributed by atoms with Crippen LogP contribution < -0.4 is 10.6 Å². The standard InChI is InChI=1S/C10H12ClN3O2/c11-3-5-13-9(15)10(16)14-7-8-2-1-4-12-6-8/h1-2,4,6H,3,5,7H2,(H,13,15)(H,14,16). The number of rotatable bonds is 4. The number of hydrogen-bond acceptors (Lipinski definition) is 3. The number of carbonyl (C=O) groups is 2. The summed E-state index contributed by atoms with van der Waals surface area (Å²) in [5.41, 5.74) is 0.834. The molecular formula is C10H12ClN3O2. The van der Waals surface area contributed by atoms with Gasteiger partial charge in [0, 0.05) is 31.4 Å². The number of amides is 2. The van der Waals surface area contributed by atoms with Crippen molar-refractivity contribution in [2.45, 2.75) is 6.54 Å². The first-order valence-electron chi connectivity index (χ1n) is 4.75. The predicted octanol–water partition coefficient (Wildman–Crippen LogP) is 0.0528. The van der Waals surface area contributed by atoms with Crippen LogP contribution in [0.3, 0.4) is 0 Å². The van der Waals surface area contributed by atoms with Crippen molar-refractivity contribution in [3.8, 4) is 0 Å². The number of nitrogens with zero attached hydrogens (tertiary/aromatic N) is 1. The minimum absolute atomic E-state index is 0.278. The minimum atomic E-state index is -0.676. The fourth-order valence-electron chi connectivity index (χ4n) is 1.01. The average molecular weight is 242 g/mol. The Morgan fingerprint density at radius 1 is 1.31 bits per heavy atom. The largest absolute Gasteiger partial charge is 0.347 e. The van der Waals surface area contributed by atoms with Gasteiger partial charge in [-0.25, -0.2) is 0 Å². The number of nitrogens with one attached hydrogen (secondary N) is 2. The van der Waals surface area contributed by atoms with Crippen molar-refractivity contribution < 1.29 is 9.59 Å². The lowest BCUT2D eigenvalue weighted by Crippen LogP contribution is -2.40. The lowest BCUT2D eigenvalue weighted by Gasteiger charge is -2.04. The highest BCUT2D eigenvalue weighted by Gasteiger charge is 2.11. The molecule has 1 aromatic rings. The van der Waals surface area contributed by atoms with Gasteiger partial charge in [0.15, 0.2) is 0 Å². The fraction of sp³-hybridized carbons (Fsp3) is 0.300. The summed E-state index contributed by atoms with van der Waals surface area (Å²) in [6.07, 6.45) is 3.26. The zero-order chi connectivity index (χ0) is 11.8. The molecule has 0 saturated heterocycles. The molecule has 0 bridgehead atoms. The second-order valence-electron chi connectivity index (χ2n) is 2.99. The molecule has 0 saturated carbocycles. The van der Waals surface area contributed by atoms with E-state index in [1.807, 2.05) is 6.07 Å². The maximum atomic E-state index is 11.2. The van der Waals surface area contributed by atoms with Gasteiger partial charge in [-0.3, -0.25) is 14.6 Å². The first-order valence-corrected chi connectivity index (χ1v) is 5.28. The first-order chi connectivity index (χ1) is 7.74.